The molecule has 2 rings (SSSR count). The standard InChI is InChI=1S/C13H14N2O3/c16-12(5-6-13(17)18)15-8-14-11-4-3-9-1-2-10(9)7-11/h3-7,14H,1-2,8H2,(H,15,16)(H,17,18)/b6-5-. The number of amides is 1. The Labute approximate surface area is 105 Å². The number of fused-ring (bicyclic) bond motifs is 1. The summed E-state index contributed by atoms with van der Waals surface area (Å²) in [4.78, 5) is 21.4. The van der Waals surface area contributed by atoms with E-state index in [0.29, 0.717) is 0 Å². The maximum Gasteiger partial charge on any atom is 0.328 e. The van der Waals surface area contributed by atoms with Gasteiger partial charge < -0.3 is 15.7 Å². The smallest absolute Gasteiger partial charge is 0.328 e. The van der Waals surface area contributed by atoms with Crippen LogP contribution >= 0.6 is 0 Å². The van der Waals surface area contributed by atoms with Gasteiger partial charge in [0.2, 0.25) is 5.91 Å². The largest absolute Gasteiger partial charge is 0.478 e. The van der Waals surface area contributed by atoms with Crippen LogP contribution in [-0.4, -0.2) is 23.7 Å². The number of carbonyl (C=O) groups excluding carboxylic acids is 1. The summed E-state index contributed by atoms with van der Waals surface area (Å²) in [5.74, 6) is -1.57. The maximum atomic E-state index is 11.2. The summed E-state index contributed by atoms with van der Waals surface area (Å²) < 4.78 is 0. The van der Waals surface area contributed by atoms with Crippen molar-refractivity contribution in [3.8, 4) is 0 Å². The second kappa shape index (κ2) is 5.35. The second-order valence-corrected chi connectivity index (χ2v) is 4.05. The molecule has 0 aliphatic heterocycles. The minimum Gasteiger partial charge on any atom is -0.478 e. The molecule has 1 aliphatic rings. The maximum absolute atomic E-state index is 11.2. The van der Waals surface area contributed by atoms with Gasteiger partial charge in [0.15, 0.2) is 0 Å². The van der Waals surface area contributed by atoms with Crippen LogP contribution in [0.25, 0.3) is 0 Å². The third kappa shape index (κ3) is 3.10. The number of anilines is 1. The highest BCUT2D eigenvalue weighted by Gasteiger charge is 2.12. The highest BCUT2D eigenvalue weighted by Crippen LogP contribution is 2.25. The van der Waals surface area contributed by atoms with E-state index in [1.807, 2.05) is 6.07 Å². The predicted molar refractivity (Wildman–Crippen MR) is 67.3 cm³/mol. The van der Waals surface area contributed by atoms with Gasteiger partial charge in [0, 0.05) is 17.8 Å². The van der Waals surface area contributed by atoms with Gasteiger partial charge in [-0.1, -0.05) is 6.07 Å². The molecule has 94 valence electrons. The van der Waals surface area contributed by atoms with Crippen molar-refractivity contribution in [3.63, 3.8) is 0 Å². The average molecular weight is 246 g/mol. The van der Waals surface area contributed by atoms with Gasteiger partial charge in [0.1, 0.15) is 0 Å². The molecule has 0 fully saturated rings. The van der Waals surface area contributed by atoms with Crippen molar-refractivity contribution in [1.82, 2.24) is 5.32 Å². The molecule has 18 heavy (non-hydrogen) atoms. The first kappa shape index (κ1) is 12.2. The van der Waals surface area contributed by atoms with E-state index in [1.54, 1.807) is 0 Å². The predicted octanol–water partition coefficient (Wildman–Crippen LogP) is 0.912. The first-order chi connectivity index (χ1) is 8.65. The van der Waals surface area contributed by atoms with Gasteiger partial charge in [-0.2, -0.15) is 0 Å². The van der Waals surface area contributed by atoms with E-state index in [0.717, 1.165) is 30.7 Å². The minimum absolute atomic E-state index is 0.265. The average Bonchev–Trinajstić information content (AvgIpc) is 2.30. The van der Waals surface area contributed by atoms with Crippen molar-refractivity contribution in [1.29, 1.82) is 0 Å². The summed E-state index contributed by atoms with van der Waals surface area (Å²) in [6.07, 6.45) is 4.05. The molecular formula is C13H14N2O3. The van der Waals surface area contributed by atoms with Crippen LogP contribution < -0.4 is 10.6 Å². The van der Waals surface area contributed by atoms with Crippen molar-refractivity contribution >= 4 is 17.6 Å². The van der Waals surface area contributed by atoms with Crippen LogP contribution in [0.15, 0.2) is 30.4 Å². The number of nitrogens with one attached hydrogen (secondary N) is 2. The van der Waals surface area contributed by atoms with Crippen LogP contribution in [0.3, 0.4) is 0 Å². The first-order valence-corrected chi connectivity index (χ1v) is 5.69. The van der Waals surface area contributed by atoms with Gasteiger partial charge in [-0.25, -0.2) is 4.79 Å². The summed E-state index contributed by atoms with van der Waals surface area (Å²) in [7, 11) is 0. The molecule has 0 atom stereocenters. The van der Waals surface area contributed by atoms with E-state index >= 15 is 0 Å². The van der Waals surface area contributed by atoms with Crippen molar-refractivity contribution < 1.29 is 14.7 Å². The summed E-state index contributed by atoms with van der Waals surface area (Å²) in [6.45, 7) is 0.265. The summed E-state index contributed by atoms with van der Waals surface area (Å²) in [5, 5.41) is 13.9. The fraction of sp³-hybridized carbons (Fsp3) is 0.231. The van der Waals surface area contributed by atoms with Crippen molar-refractivity contribution in [2.75, 3.05) is 12.0 Å². The van der Waals surface area contributed by atoms with E-state index in [4.69, 9.17) is 5.11 Å². The molecule has 0 bridgehead atoms. The van der Waals surface area contributed by atoms with Gasteiger partial charge in [-0.3, -0.25) is 4.79 Å². The molecule has 1 aromatic rings. The zero-order chi connectivity index (χ0) is 13.0. The number of hydrogen-bond acceptors (Lipinski definition) is 3. The Kier molecular flexibility index (Phi) is 3.62. The summed E-state index contributed by atoms with van der Waals surface area (Å²) in [6, 6.07) is 6.11. The summed E-state index contributed by atoms with van der Waals surface area (Å²) in [5.41, 5.74) is 3.68. The lowest BCUT2D eigenvalue weighted by atomic mass is 9.88. The molecule has 1 aromatic carbocycles. The number of carboxylic acid groups (broad SMARTS) is 1. The lowest BCUT2D eigenvalue weighted by Gasteiger charge is -2.19. The molecule has 0 spiro atoms. The number of aryl methyl sites for hydroxylation is 2. The zero-order valence-electron chi connectivity index (χ0n) is 9.77. The van der Waals surface area contributed by atoms with E-state index in [9.17, 15) is 9.59 Å². The fourth-order valence-corrected chi connectivity index (χ4v) is 1.74. The van der Waals surface area contributed by atoms with Crippen molar-refractivity contribution in [3.05, 3.63) is 41.5 Å². The van der Waals surface area contributed by atoms with E-state index < -0.39 is 11.9 Å². The number of rotatable bonds is 5. The SMILES string of the molecule is O=C(O)/C=C\C(=O)NCNc1ccc2c(c1)CC2. The Hall–Kier alpha value is -2.30. The summed E-state index contributed by atoms with van der Waals surface area (Å²) >= 11 is 0. The molecule has 1 amide bonds. The third-order valence-electron chi connectivity index (χ3n) is 2.80. The topological polar surface area (TPSA) is 78.4 Å². The monoisotopic (exact) mass is 246 g/mol. The van der Waals surface area contributed by atoms with Crippen molar-refractivity contribution in [2.45, 2.75) is 12.8 Å². The number of benzene rings is 1. The minimum atomic E-state index is -1.14. The highest BCUT2D eigenvalue weighted by atomic mass is 16.4. The third-order valence-corrected chi connectivity index (χ3v) is 2.80. The quantitative estimate of drug-likeness (QED) is 0.533. The number of aliphatic carboxylic acids is 1. The van der Waals surface area contributed by atoms with E-state index in [-0.39, 0.29) is 6.67 Å². The van der Waals surface area contributed by atoms with Crippen molar-refractivity contribution in [2.24, 2.45) is 0 Å². The van der Waals surface area contributed by atoms with Crippen LogP contribution in [0.5, 0.6) is 0 Å². The molecule has 0 radical (unpaired) electrons. The second-order valence-electron chi connectivity index (χ2n) is 4.05. The Morgan fingerprint density at radius 1 is 1.22 bits per heavy atom. The Balaban J connectivity index is 1.76. The van der Waals surface area contributed by atoms with Crippen LogP contribution in [0, 0.1) is 0 Å². The van der Waals surface area contributed by atoms with Gasteiger partial charge >= 0.3 is 5.97 Å². The van der Waals surface area contributed by atoms with Gasteiger partial charge in [0.25, 0.3) is 0 Å². The van der Waals surface area contributed by atoms with Gasteiger partial charge in [-0.05, 0) is 36.1 Å². The lowest BCUT2D eigenvalue weighted by Crippen LogP contribution is -2.27. The van der Waals surface area contributed by atoms with Crippen LogP contribution in [0.4, 0.5) is 5.69 Å². The number of hydrogen-bond donors (Lipinski definition) is 3. The number of carbonyl (C=O) groups is 2. The molecule has 0 aromatic heterocycles. The zero-order valence-corrected chi connectivity index (χ0v) is 9.77. The van der Waals surface area contributed by atoms with Crippen LogP contribution in [0.1, 0.15) is 11.1 Å². The van der Waals surface area contributed by atoms with Crippen LogP contribution in [0.2, 0.25) is 0 Å². The highest BCUT2D eigenvalue weighted by molar-refractivity contribution is 5.93. The van der Waals surface area contributed by atoms with Crippen LogP contribution in [-0.2, 0) is 22.4 Å². The molecule has 0 saturated heterocycles. The molecule has 0 saturated carbocycles. The number of carboxylic acids is 1. The van der Waals surface area contributed by atoms with E-state index in [2.05, 4.69) is 22.8 Å². The fourth-order valence-electron chi connectivity index (χ4n) is 1.74. The molecule has 1 aliphatic carbocycles. The molecule has 0 heterocycles. The van der Waals surface area contributed by atoms with E-state index in [1.165, 1.54) is 11.1 Å². The molecule has 5 nitrogen and oxygen atoms in total. The Morgan fingerprint density at radius 2 is 2.00 bits per heavy atom. The lowest BCUT2D eigenvalue weighted by molar-refractivity contribution is -0.131. The molecular weight excluding hydrogens is 232 g/mol. The van der Waals surface area contributed by atoms with Gasteiger partial charge in [0.05, 0.1) is 6.67 Å². The Morgan fingerprint density at radius 3 is 2.61 bits per heavy atom. The molecule has 0 unspecified atom stereocenters. The molecule has 5 heteroatoms. The Bertz CT molecular complexity index is 509. The first-order valence-electron chi connectivity index (χ1n) is 5.69. The molecule has 3 N–H and O–H groups in total. The van der Waals surface area contributed by atoms with Gasteiger partial charge in [-0.15, -0.1) is 0 Å². The normalized spacial score (nSPS) is 12.7.